The van der Waals surface area contributed by atoms with E-state index in [0.29, 0.717) is 6.04 Å². The summed E-state index contributed by atoms with van der Waals surface area (Å²) in [6.45, 7) is 10.5. The van der Waals surface area contributed by atoms with Crippen molar-refractivity contribution in [2.24, 2.45) is 5.92 Å². The van der Waals surface area contributed by atoms with Crippen molar-refractivity contribution in [1.29, 1.82) is 0 Å². The predicted octanol–water partition coefficient (Wildman–Crippen LogP) is 4.56. The van der Waals surface area contributed by atoms with Crippen LogP contribution >= 0.6 is 0 Å². The lowest BCUT2D eigenvalue weighted by Gasteiger charge is -2.24. The van der Waals surface area contributed by atoms with Crippen LogP contribution in [0.1, 0.15) is 71.6 Å². The average Bonchev–Trinajstić information content (AvgIpc) is 2.93. The molecule has 152 valence electrons. The van der Waals surface area contributed by atoms with Crippen molar-refractivity contribution < 1.29 is 0 Å². The van der Waals surface area contributed by atoms with Gasteiger partial charge in [-0.3, -0.25) is 0 Å². The molecule has 3 rings (SSSR count). The van der Waals surface area contributed by atoms with Gasteiger partial charge in [0.25, 0.3) is 0 Å². The van der Waals surface area contributed by atoms with Gasteiger partial charge in [0.15, 0.2) is 0 Å². The number of hydrogen-bond donors (Lipinski definition) is 1. The summed E-state index contributed by atoms with van der Waals surface area (Å²) in [6, 6.07) is 2.55. The molecule has 5 nitrogen and oxygen atoms in total. The van der Waals surface area contributed by atoms with E-state index in [1.165, 1.54) is 70.9 Å². The molecule has 0 aromatic carbocycles. The molecule has 1 unspecified atom stereocenters. The van der Waals surface area contributed by atoms with Gasteiger partial charge in [0.05, 0.1) is 0 Å². The van der Waals surface area contributed by atoms with Crippen molar-refractivity contribution in [3.05, 3.63) is 12.3 Å². The summed E-state index contributed by atoms with van der Waals surface area (Å²) < 4.78 is 0. The topological polar surface area (TPSA) is 44.3 Å². The van der Waals surface area contributed by atoms with Crippen LogP contribution in [-0.4, -0.2) is 53.6 Å². The Morgan fingerprint density at radius 2 is 1.81 bits per heavy atom. The quantitative estimate of drug-likeness (QED) is 0.687. The lowest BCUT2D eigenvalue weighted by Crippen LogP contribution is -2.31. The van der Waals surface area contributed by atoms with Crippen molar-refractivity contribution in [3.63, 3.8) is 0 Å². The van der Waals surface area contributed by atoms with Crippen LogP contribution in [0, 0.1) is 5.92 Å². The molecule has 0 saturated carbocycles. The van der Waals surface area contributed by atoms with Crippen molar-refractivity contribution in [2.45, 2.75) is 77.7 Å². The van der Waals surface area contributed by atoms with E-state index in [1.807, 2.05) is 6.20 Å². The highest BCUT2D eigenvalue weighted by Crippen LogP contribution is 2.21. The van der Waals surface area contributed by atoms with Gasteiger partial charge in [0, 0.05) is 45.0 Å². The molecule has 0 aliphatic carbocycles. The monoisotopic (exact) mass is 373 g/mol. The summed E-state index contributed by atoms with van der Waals surface area (Å²) >= 11 is 0. The molecular weight excluding hydrogens is 334 g/mol. The number of anilines is 2. The number of nitrogens with one attached hydrogen (secondary N) is 1. The van der Waals surface area contributed by atoms with Gasteiger partial charge in [-0.15, -0.1) is 0 Å². The first-order chi connectivity index (χ1) is 13.3. The molecule has 0 amide bonds. The fourth-order valence-electron chi connectivity index (χ4n) is 4.70. The fourth-order valence-corrected chi connectivity index (χ4v) is 4.70. The Labute approximate surface area is 165 Å². The van der Waals surface area contributed by atoms with Crippen LogP contribution in [-0.2, 0) is 0 Å². The van der Waals surface area contributed by atoms with E-state index >= 15 is 0 Å². The Hall–Kier alpha value is -1.36. The largest absolute Gasteiger partial charge is 0.356 e. The zero-order chi connectivity index (χ0) is 18.9. The summed E-state index contributed by atoms with van der Waals surface area (Å²) in [5, 5.41) is 3.61. The van der Waals surface area contributed by atoms with Crippen LogP contribution in [0.4, 0.5) is 11.8 Å². The molecule has 3 heterocycles. The molecule has 0 bridgehead atoms. The maximum atomic E-state index is 4.83. The minimum Gasteiger partial charge on any atom is -0.356 e. The Morgan fingerprint density at radius 3 is 2.52 bits per heavy atom. The third kappa shape index (κ3) is 6.34. The van der Waals surface area contributed by atoms with E-state index < -0.39 is 0 Å². The Balaban J connectivity index is 1.51. The Morgan fingerprint density at radius 1 is 1.07 bits per heavy atom. The highest BCUT2D eigenvalue weighted by atomic mass is 15.3. The number of rotatable bonds is 9. The lowest BCUT2D eigenvalue weighted by molar-refractivity contribution is 0.255. The molecule has 1 aromatic heterocycles. The molecule has 2 aliphatic heterocycles. The smallest absolute Gasteiger partial charge is 0.224 e. The third-order valence-corrected chi connectivity index (χ3v) is 6.09. The molecule has 2 saturated heterocycles. The minimum absolute atomic E-state index is 0.480. The third-order valence-electron chi connectivity index (χ3n) is 6.09. The molecule has 2 fully saturated rings. The maximum Gasteiger partial charge on any atom is 0.224 e. The van der Waals surface area contributed by atoms with E-state index in [9.17, 15) is 0 Å². The summed E-state index contributed by atoms with van der Waals surface area (Å²) in [4.78, 5) is 14.4. The second-order valence-corrected chi connectivity index (χ2v) is 8.47. The highest BCUT2D eigenvalue weighted by molar-refractivity contribution is 5.43. The summed E-state index contributed by atoms with van der Waals surface area (Å²) in [5.41, 5.74) is 0. The molecular formula is C22H39N5. The molecule has 0 radical (unpaired) electrons. The number of likely N-dealkylation sites (tertiary alicyclic amines) is 1. The SMILES string of the molecule is CCCC(CCC)CN1CCC(Nc2nccc(N3CCCCCC3)n2)C1. The normalized spacial score (nSPS) is 21.6. The van der Waals surface area contributed by atoms with Crippen LogP contribution in [0.5, 0.6) is 0 Å². The van der Waals surface area contributed by atoms with Gasteiger partial charge in [-0.2, -0.15) is 4.98 Å². The van der Waals surface area contributed by atoms with E-state index in [2.05, 4.69) is 40.0 Å². The van der Waals surface area contributed by atoms with Gasteiger partial charge in [-0.25, -0.2) is 4.98 Å². The standard InChI is InChI=1S/C22H39N5/c1-3-9-19(10-4-2)17-26-16-12-20(18-26)24-22-23-13-11-21(25-22)27-14-7-5-6-8-15-27/h11,13,19-20H,3-10,12,14-18H2,1-2H3,(H,23,24,25). The van der Waals surface area contributed by atoms with Crippen molar-refractivity contribution in [1.82, 2.24) is 14.9 Å². The van der Waals surface area contributed by atoms with Crippen molar-refractivity contribution >= 4 is 11.8 Å². The minimum atomic E-state index is 0.480. The second kappa shape index (κ2) is 10.8. The zero-order valence-electron chi connectivity index (χ0n) is 17.5. The molecule has 1 aromatic rings. The van der Waals surface area contributed by atoms with E-state index in [0.717, 1.165) is 37.3 Å². The van der Waals surface area contributed by atoms with Gasteiger partial charge in [0.1, 0.15) is 5.82 Å². The first-order valence-corrected chi connectivity index (χ1v) is 11.3. The summed E-state index contributed by atoms with van der Waals surface area (Å²) in [5.74, 6) is 2.76. The Bertz CT molecular complexity index is 535. The molecule has 0 spiro atoms. The number of nitrogens with zero attached hydrogens (tertiary/aromatic N) is 4. The molecule has 1 N–H and O–H groups in total. The van der Waals surface area contributed by atoms with Crippen LogP contribution in [0.2, 0.25) is 0 Å². The molecule has 5 heteroatoms. The van der Waals surface area contributed by atoms with Gasteiger partial charge in [-0.1, -0.05) is 39.5 Å². The second-order valence-electron chi connectivity index (χ2n) is 8.47. The first kappa shape index (κ1) is 20.4. The van der Waals surface area contributed by atoms with E-state index in [4.69, 9.17) is 4.98 Å². The number of aromatic nitrogens is 2. The Kier molecular flexibility index (Phi) is 8.18. The average molecular weight is 374 g/mol. The van der Waals surface area contributed by atoms with E-state index in [-0.39, 0.29) is 0 Å². The van der Waals surface area contributed by atoms with Crippen LogP contribution < -0.4 is 10.2 Å². The van der Waals surface area contributed by atoms with Gasteiger partial charge >= 0.3 is 0 Å². The fraction of sp³-hybridized carbons (Fsp3) is 0.818. The molecule has 27 heavy (non-hydrogen) atoms. The molecule has 2 aliphatic rings. The maximum absolute atomic E-state index is 4.83. The zero-order valence-corrected chi connectivity index (χ0v) is 17.5. The van der Waals surface area contributed by atoms with Gasteiger partial charge < -0.3 is 15.1 Å². The van der Waals surface area contributed by atoms with Gasteiger partial charge in [0.2, 0.25) is 5.95 Å². The van der Waals surface area contributed by atoms with Crippen LogP contribution in [0.15, 0.2) is 12.3 Å². The van der Waals surface area contributed by atoms with Crippen molar-refractivity contribution in [2.75, 3.05) is 42.9 Å². The summed E-state index contributed by atoms with van der Waals surface area (Å²) in [6.07, 6.45) is 13.7. The van der Waals surface area contributed by atoms with E-state index in [1.54, 1.807) is 0 Å². The lowest BCUT2D eigenvalue weighted by atomic mass is 9.98. The van der Waals surface area contributed by atoms with Crippen molar-refractivity contribution in [3.8, 4) is 0 Å². The van der Waals surface area contributed by atoms with Gasteiger partial charge in [-0.05, 0) is 44.1 Å². The summed E-state index contributed by atoms with van der Waals surface area (Å²) in [7, 11) is 0. The molecule has 1 atom stereocenters. The highest BCUT2D eigenvalue weighted by Gasteiger charge is 2.25. The van der Waals surface area contributed by atoms with Crippen LogP contribution in [0.3, 0.4) is 0 Å². The first-order valence-electron chi connectivity index (χ1n) is 11.3. The number of hydrogen-bond acceptors (Lipinski definition) is 5. The predicted molar refractivity (Wildman–Crippen MR) is 114 cm³/mol. The van der Waals surface area contributed by atoms with Crippen LogP contribution in [0.25, 0.3) is 0 Å².